The Labute approximate surface area is 255 Å². The van der Waals surface area contributed by atoms with Gasteiger partial charge in [-0.25, -0.2) is 4.98 Å². The van der Waals surface area contributed by atoms with Crippen LogP contribution in [0.4, 0.5) is 11.5 Å². The van der Waals surface area contributed by atoms with Gasteiger partial charge in [0.2, 0.25) is 5.76 Å². The summed E-state index contributed by atoms with van der Waals surface area (Å²) in [7, 11) is 11.6. The third-order valence-corrected chi connectivity index (χ3v) is 6.31. The van der Waals surface area contributed by atoms with E-state index in [-0.39, 0.29) is 45.3 Å². The molecule has 0 spiro atoms. The second-order valence-electron chi connectivity index (χ2n) is 10.3. The Morgan fingerprint density at radius 2 is 1.47 bits per heavy atom. The van der Waals surface area contributed by atoms with Gasteiger partial charge in [0.05, 0.1) is 10.4 Å². The van der Waals surface area contributed by atoms with E-state index in [0.29, 0.717) is 16.9 Å². The van der Waals surface area contributed by atoms with Crippen LogP contribution in [0.2, 0.25) is 5.02 Å². The number of aldehydes is 1. The monoisotopic (exact) mass is 606 g/mol. The summed E-state index contributed by atoms with van der Waals surface area (Å²) < 4.78 is 5.72. The van der Waals surface area contributed by atoms with Gasteiger partial charge in [0, 0.05) is 50.1 Å². The maximum atomic E-state index is 13.0. The Morgan fingerprint density at radius 3 is 2.00 bits per heavy atom. The number of pyridine rings is 1. The number of furan rings is 1. The Kier molecular flexibility index (Phi) is 11.5. The number of benzene rings is 2. The Hall–Kier alpha value is -4.58. The lowest BCUT2D eigenvalue weighted by Crippen LogP contribution is -2.25. The normalized spacial score (nSPS) is 10.7. The van der Waals surface area contributed by atoms with Gasteiger partial charge in [-0.05, 0) is 70.7 Å². The molecule has 4 aromatic rings. The molecule has 0 aliphatic carbocycles. The highest BCUT2D eigenvalue weighted by molar-refractivity contribution is 6.30. The van der Waals surface area contributed by atoms with E-state index >= 15 is 0 Å². The number of hydrogen-bond acceptors (Lipinski definition) is 8. The van der Waals surface area contributed by atoms with Crippen LogP contribution in [0.15, 0.2) is 65.2 Å². The highest BCUT2D eigenvalue weighted by Gasteiger charge is 2.25. The zero-order valence-corrected chi connectivity index (χ0v) is 25.7. The summed E-state index contributed by atoms with van der Waals surface area (Å²) in [5.74, 6) is -1.44. The van der Waals surface area contributed by atoms with Crippen molar-refractivity contribution in [3.63, 3.8) is 0 Å². The minimum Gasteiger partial charge on any atom is -0.449 e. The highest BCUT2D eigenvalue weighted by Crippen LogP contribution is 2.34. The number of likely N-dealkylation sites (N-methyl/N-ethyl adjacent to an activating group) is 2. The molecule has 0 aliphatic rings. The van der Waals surface area contributed by atoms with Gasteiger partial charge in [0.15, 0.2) is 6.29 Å². The van der Waals surface area contributed by atoms with Crippen molar-refractivity contribution in [1.82, 2.24) is 19.7 Å². The molecule has 2 heterocycles. The number of nitrogens with zero attached hydrogens (tertiary/aromatic N) is 4. The van der Waals surface area contributed by atoms with E-state index < -0.39 is 11.8 Å². The van der Waals surface area contributed by atoms with E-state index in [9.17, 15) is 19.2 Å². The fourth-order valence-corrected chi connectivity index (χ4v) is 3.90. The summed E-state index contributed by atoms with van der Waals surface area (Å²) in [6, 6.07) is 13.8. The first kappa shape index (κ1) is 32.9. The summed E-state index contributed by atoms with van der Waals surface area (Å²) in [6.45, 7) is 2.29. The van der Waals surface area contributed by atoms with Crippen LogP contribution in [-0.2, 0) is 0 Å². The van der Waals surface area contributed by atoms with E-state index in [0.717, 1.165) is 13.1 Å². The molecule has 43 heavy (non-hydrogen) atoms. The Morgan fingerprint density at radius 1 is 0.837 bits per heavy atom. The van der Waals surface area contributed by atoms with Gasteiger partial charge in [0.25, 0.3) is 17.7 Å². The van der Waals surface area contributed by atoms with Crippen LogP contribution in [0.1, 0.15) is 41.6 Å². The Balaban J connectivity index is 0.000000557. The molecule has 0 fully saturated rings. The average molecular weight is 607 g/mol. The minimum atomic E-state index is -0.685. The maximum absolute atomic E-state index is 13.0. The molecule has 0 saturated carbocycles. The third kappa shape index (κ3) is 8.95. The van der Waals surface area contributed by atoms with Crippen LogP contribution in [0, 0.1) is 0 Å². The zero-order chi connectivity index (χ0) is 31.7. The van der Waals surface area contributed by atoms with Gasteiger partial charge >= 0.3 is 0 Å². The van der Waals surface area contributed by atoms with Gasteiger partial charge in [-0.1, -0.05) is 23.7 Å². The molecule has 3 amide bonds. The van der Waals surface area contributed by atoms with Crippen molar-refractivity contribution in [3.8, 4) is 0 Å². The second kappa shape index (κ2) is 15.1. The minimum absolute atomic E-state index is 0.0348. The maximum Gasteiger partial charge on any atom is 0.294 e. The van der Waals surface area contributed by atoms with Crippen LogP contribution in [-0.4, -0.2) is 99.1 Å². The largest absolute Gasteiger partial charge is 0.449 e. The summed E-state index contributed by atoms with van der Waals surface area (Å²) in [5, 5.41) is 5.94. The standard InChI is InChI=1S/C25H19ClN4O5.C6H16N2/c1-30(2)25(34)15-8-6-14(7-9-15)23(32)29-21-20-16(13-31)4-3-5-18(20)35-22(21)24(33)28-19-11-10-17(26)12-27-19;1-7(2)5-6-8(3)4/h3-13H,1-2H3,(H,29,32)(H,27,28,33);5-6H2,1-4H3. The number of nitrogens with one attached hydrogen (secondary N) is 2. The second-order valence-corrected chi connectivity index (χ2v) is 10.7. The first-order valence-corrected chi connectivity index (χ1v) is 13.6. The number of amides is 3. The number of halogens is 1. The zero-order valence-electron chi connectivity index (χ0n) is 25.0. The SMILES string of the molecule is CN(C)C(=O)c1ccc(C(=O)Nc2c(C(=O)Nc3ccc(Cl)cn3)oc3cccc(C=O)c23)cc1.CN(C)CCN(C)C. The summed E-state index contributed by atoms with van der Waals surface area (Å²) in [4.78, 5) is 59.7. The van der Waals surface area contributed by atoms with Crippen LogP contribution < -0.4 is 10.6 Å². The molecule has 0 saturated heterocycles. The van der Waals surface area contributed by atoms with Gasteiger partial charge in [0.1, 0.15) is 17.1 Å². The van der Waals surface area contributed by atoms with Crippen molar-refractivity contribution >= 4 is 58.1 Å². The van der Waals surface area contributed by atoms with Crippen molar-refractivity contribution in [2.24, 2.45) is 0 Å². The molecule has 2 aromatic carbocycles. The lowest BCUT2D eigenvalue weighted by atomic mass is 10.1. The molecule has 0 atom stereocenters. The number of hydrogen-bond donors (Lipinski definition) is 2. The van der Waals surface area contributed by atoms with Crippen molar-refractivity contribution in [2.75, 3.05) is 66.0 Å². The van der Waals surface area contributed by atoms with E-state index in [1.54, 1.807) is 38.4 Å². The summed E-state index contributed by atoms with van der Waals surface area (Å²) in [5.41, 5.74) is 1.17. The van der Waals surface area contributed by atoms with Gasteiger partial charge < -0.3 is 29.8 Å². The van der Waals surface area contributed by atoms with E-state index in [1.165, 1.54) is 41.4 Å². The number of rotatable bonds is 9. The van der Waals surface area contributed by atoms with E-state index in [2.05, 4.69) is 53.6 Å². The summed E-state index contributed by atoms with van der Waals surface area (Å²) in [6.07, 6.45) is 1.98. The molecule has 2 N–H and O–H groups in total. The van der Waals surface area contributed by atoms with Crippen molar-refractivity contribution in [2.45, 2.75) is 0 Å². The van der Waals surface area contributed by atoms with Gasteiger partial charge in [-0.15, -0.1) is 0 Å². The number of carbonyl (C=O) groups is 4. The van der Waals surface area contributed by atoms with Crippen LogP contribution >= 0.6 is 11.6 Å². The Bertz CT molecular complexity index is 1570. The van der Waals surface area contributed by atoms with Crippen molar-refractivity contribution in [3.05, 3.63) is 88.3 Å². The lowest BCUT2D eigenvalue weighted by Gasteiger charge is -2.13. The first-order chi connectivity index (χ1) is 20.4. The smallest absolute Gasteiger partial charge is 0.294 e. The summed E-state index contributed by atoms with van der Waals surface area (Å²) >= 11 is 5.84. The molecule has 0 bridgehead atoms. The molecule has 226 valence electrons. The van der Waals surface area contributed by atoms with E-state index in [4.69, 9.17) is 16.0 Å². The fraction of sp³-hybridized carbons (Fsp3) is 0.258. The topological polar surface area (TPSA) is 128 Å². The van der Waals surface area contributed by atoms with Crippen LogP contribution in [0.25, 0.3) is 11.0 Å². The van der Waals surface area contributed by atoms with Crippen molar-refractivity contribution < 1.29 is 23.6 Å². The lowest BCUT2D eigenvalue weighted by molar-refractivity contribution is 0.0826. The molecule has 4 rings (SSSR count). The molecular formula is C31H35ClN6O5. The molecule has 12 heteroatoms. The first-order valence-electron chi connectivity index (χ1n) is 13.3. The molecule has 0 unspecified atom stereocenters. The molecular weight excluding hydrogens is 572 g/mol. The number of carbonyl (C=O) groups excluding carboxylic acids is 4. The third-order valence-electron chi connectivity index (χ3n) is 6.08. The fourth-order valence-electron chi connectivity index (χ4n) is 3.78. The molecule has 11 nitrogen and oxygen atoms in total. The van der Waals surface area contributed by atoms with Crippen molar-refractivity contribution in [1.29, 1.82) is 0 Å². The van der Waals surface area contributed by atoms with Gasteiger partial charge in [-0.2, -0.15) is 0 Å². The number of fused-ring (bicyclic) bond motifs is 1. The quantitative estimate of drug-likeness (QED) is 0.264. The predicted molar refractivity (Wildman–Crippen MR) is 168 cm³/mol. The molecule has 2 aromatic heterocycles. The molecule has 0 aliphatic heterocycles. The number of anilines is 2. The molecule has 0 radical (unpaired) electrons. The van der Waals surface area contributed by atoms with E-state index in [1.807, 2.05) is 0 Å². The van der Waals surface area contributed by atoms with Crippen LogP contribution in [0.5, 0.6) is 0 Å². The van der Waals surface area contributed by atoms with Crippen LogP contribution in [0.3, 0.4) is 0 Å². The predicted octanol–water partition coefficient (Wildman–Crippen LogP) is 4.61. The highest BCUT2D eigenvalue weighted by atomic mass is 35.5. The van der Waals surface area contributed by atoms with Gasteiger partial charge in [-0.3, -0.25) is 19.2 Å². The number of aromatic nitrogens is 1. The average Bonchev–Trinajstić information content (AvgIpc) is 3.35.